The molecular weight excluding hydrogens is 446 g/mol. The van der Waals surface area contributed by atoms with E-state index >= 15 is 0 Å². The lowest BCUT2D eigenvalue weighted by atomic mass is 9.84. The predicted octanol–water partition coefficient (Wildman–Crippen LogP) is 4.86. The molecule has 1 heterocycles. The van der Waals surface area contributed by atoms with Gasteiger partial charge in [0, 0.05) is 18.3 Å². The van der Waals surface area contributed by atoms with Crippen molar-refractivity contribution in [2.45, 2.75) is 57.4 Å². The number of benzene rings is 2. The minimum Gasteiger partial charge on any atom is -0.305 e. The van der Waals surface area contributed by atoms with E-state index in [1.165, 1.54) is 0 Å². The second-order valence-electron chi connectivity index (χ2n) is 9.53. The van der Waals surface area contributed by atoms with Gasteiger partial charge in [-0.3, -0.25) is 9.89 Å². The van der Waals surface area contributed by atoms with Gasteiger partial charge in [0.25, 0.3) is 5.91 Å². The van der Waals surface area contributed by atoms with Crippen LogP contribution < -0.4 is 5.14 Å². The zero-order chi connectivity index (χ0) is 25.0. The summed E-state index contributed by atoms with van der Waals surface area (Å²) in [6, 6.07) is 13.2. The standard InChI is InChI=1S/C26H35N5O2S/c1-17(2)22-13-20(25-11-12-28-29-25)14-23(18(3)4)24(22)15-26(32)30-34(27,33)21-9-7-19(8-10-21)16-31(5)6/h7-14,17-18H,15-16H2,1-6H3,(H,28,29)(H2,27,30,32,33). The van der Waals surface area contributed by atoms with Crippen LogP contribution in [0.5, 0.6) is 0 Å². The van der Waals surface area contributed by atoms with Crippen LogP contribution in [0.25, 0.3) is 11.3 Å². The highest BCUT2D eigenvalue weighted by molar-refractivity contribution is 7.91. The molecule has 1 amide bonds. The summed E-state index contributed by atoms with van der Waals surface area (Å²) in [6.07, 6.45) is 1.78. The Hall–Kier alpha value is -2.81. The first kappa shape index (κ1) is 25.8. The van der Waals surface area contributed by atoms with Gasteiger partial charge in [-0.1, -0.05) is 39.8 Å². The third-order valence-corrected chi connectivity index (χ3v) is 7.12. The van der Waals surface area contributed by atoms with Crippen LogP contribution in [0.2, 0.25) is 0 Å². The number of hydrogen-bond acceptors (Lipinski definition) is 4. The molecule has 3 rings (SSSR count). The van der Waals surface area contributed by atoms with Gasteiger partial charge in [-0.15, -0.1) is 4.36 Å². The fourth-order valence-electron chi connectivity index (χ4n) is 4.07. The molecule has 0 aliphatic heterocycles. The van der Waals surface area contributed by atoms with Crippen molar-refractivity contribution in [1.82, 2.24) is 15.1 Å². The van der Waals surface area contributed by atoms with Gasteiger partial charge in [0.05, 0.1) is 17.0 Å². The maximum atomic E-state index is 13.1. The number of nitrogens with zero attached hydrogens (tertiary/aromatic N) is 3. The molecule has 3 aromatic rings. The zero-order valence-corrected chi connectivity index (χ0v) is 21.6. The van der Waals surface area contributed by atoms with E-state index in [1.54, 1.807) is 18.3 Å². The van der Waals surface area contributed by atoms with E-state index in [0.717, 1.165) is 40.1 Å². The molecule has 34 heavy (non-hydrogen) atoms. The number of hydrogen-bond donors (Lipinski definition) is 2. The summed E-state index contributed by atoms with van der Waals surface area (Å²) in [5.74, 6) is -0.104. The molecule has 1 aromatic heterocycles. The molecule has 7 nitrogen and oxygen atoms in total. The number of aromatic nitrogens is 2. The van der Waals surface area contributed by atoms with E-state index in [0.29, 0.717) is 4.90 Å². The van der Waals surface area contributed by atoms with E-state index in [2.05, 4.69) is 54.4 Å². The first-order chi connectivity index (χ1) is 16.0. The second-order valence-corrected chi connectivity index (χ2v) is 11.3. The van der Waals surface area contributed by atoms with Gasteiger partial charge in [-0.05, 0) is 78.5 Å². The van der Waals surface area contributed by atoms with Gasteiger partial charge >= 0.3 is 0 Å². The topological polar surface area (TPSA) is 104 Å². The molecule has 0 radical (unpaired) electrons. The zero-order valence-electron chi connectivity index (χ0n) is 20.8. The van der Waals surface area contributed by atoms with E-state index in [9.17, 15) is 9.00 Å². The molecule has 1 atom stereocenters. The van der Waals surface area contributed by atoms with Crippen LogP contribution in [0.3, 0.4) is 0 Å². The van der Waals surface area contributed by atoms with Gasteiger partial charge in [0.2, 0.25) is 0 Å². The van der Waals surface area contributed by atoms with E-state index in [-0.39, 0.29) is 18.3 Å². The van der Waals surface area contributed by atoms with Gasteiger partial charge in [-0.2, -0.15) is 5.10 Å². The lowest BCUT2D eigenvalue weighted by Gasteiger charge is -2.21. The Morgan fingerprint density at radius 2 is 1.65 bits per heavy atom. The van der Waals surface area contributed by atoms with Gasteiger partial charge < -0.3 is 4.90 Å². The average molecular weight is 482 g/mol. The highest BCUT2D eigenvalue weighted by Gasteiger charge is 2.20. The third-order valence-electron chi connectivity index (χ3n) is 5.70. The van der Waals surface area contributed by atoms with E-state index in [4.69, 9.17) is 5.14 Å². The molecule has 0 saturated heterocycles. The molecule has 0 fully saturated rings. The molecule has 2 aromatic carbocycles. The summed E-state index contributed by atoms with van der Waals surface area (Å²) in [7, 11) is 0.621. The van der Waals surface area contributed by atoms with Crippen molar-refractivity contribution in [3.63, 3.8) is 0 Å². The SMILES string of the molecule is CC(C)c1cc(-c2ccn[nH]2)cc(C(C)C)c1CC(=O)N=S(N)(=O)c1ccc(CN(C)C)cc1. The Balaban J connectivity index is 1.97. The Morgan fingerprint density at radius 3 is 2.12 bits per heavy atom. The summed E-state index contributed by atoms with van der Waals surface area (Å²) in [5.41, 5.74) is 6.08. The van der Waals surface area contributed by atoms with Crippen molar-refractivity contribution >= 4 is 15.8 Å². The molecule has 3 N–H and O–H groups in total. The number of nitrogens with two attached hydrogens (primary N) is 1. The lowest BCUT2D eigenvalue weighted by molar-refractivity contribution is -0.117. The average Bonchev–Trinajstić information content (AvgIpc) is 3.28. The molecular formula is C26H35N5O2S. The van der Waals surface area contributed by atoms with Crippen molar-refractivity contribution in [3.8, 4) is 11.3 Å². The van der Waals surface area contributed by atoms with Gasteiger partial charge in [-0.25, -0.2) is 9.35 Å². The predicted molar refractivity (Wildman–Crippen MR) is 138 cm³/mol. The maximum Gasteiger partial charge on any atom is 0.259 e. The van der Waals surface area contributed by atoms with Crippen molar-refractivity contribution in [2.24, 2.45) is 9.50 Å². The molecule has 0 aliphatic rings. The highest BCUT2D eigenvalue weighted by atomic mass is 32.2. The summed E-state index contributed by atoms with van der Waals surface area (Å²) in [4.78, 5) is 15.4. The van der Waals surface area contributed by atoms with E-state index < -0.39 is 15.8 Å². The molecule has 0 spiro atoms. The summed E-state index contributed by atoms with van der Waals surface area (Å²) in [5, 5.41) is 13.1. The maximum absolute atomic E-state index is 13.1. The quantitative estimate of drug-likeness (QED) is 0.479. The van der Waals surface area contributed by atoms with Gasteiger partial charge in [0.15, 0.2) is 0 Å². The first-order valence-corrected chi connectivity index (χ1v) is 13.0. The number of H-pyrrole nitrogens is 1. The molecule has 1 unspecified atom stereocenters. The monoisotopic (exact) mass is 481 g/mol. The molecule has 8 heteroatoms. The van der Waals surface area contributed by atoms with Crippen LogP contribution in [0.1, 0.15) is 61.8 Å². The second kappa shape index (κ2) is 10.6. The molecule has 0 aliphatic carbocycles. The normalized spacial score (nSPS) is 13.5. The first-order valence-electron chi connectivity index (χ1n) is 11.5. The lowest BCUT2D eigenvalue weighted by Crippen LogP contribution is -2.17. The molecule has 0 bridgehead atoms. The summed E-state index contributed by atoms with van der Waals surface area (Å²) in [6.45, 7) is 9.16. The van der Waals surface area contributed by atoms with E-state index in [1.807, 2.05) is 37.2 Å². The minimum atomic E-state index is -3.34. The fourth-order valence-corrected chi connectivity index (χ4v) is 5.07. The van der Waals surface area contributed by atoms with Crippen molar-refractivity contribution in [1.29, 1.82) is 0 Å². The van der Waals surface area contributed by atoms with Crippen LogP contribution in [0.4, 0.5) is 0 Å². The number of amides is 1. The Morgan fingerprint density at radius 1 is 1.06 bits per heavy atom. The van der Waals surface area contributed by atoms with Crippen LogP contribution in [0.15, 0.2) is 57.9 Å². The van der Waals surface area contributed by atoms with Crippen LogP contribution in [-0.4, -0.2) is 39.3 Å². The Labute approximate surface area is 203 Å². The van der Waals surface area contributed by atoms with Gasteiger partial charge in [0.1, 0.15) is 9.92 Å². The molecule has 0 saturated carbocycles. The number of rotatable bonds is 8. The van der Waals surface area contributed by atoms with Crippen LogP contribution in [-0.2, 0) is 27.7 Å². The number of carbonyl (C=O) groups is 1. The van der Waals surface area contributed by atoms with Crippen molar-refractivity contribution < 1.29 is 9.00 Å². The van der Waals surface area contributed by atoms with Crippen molar-refractivity contribution in [3.05, 3.63) is 70.9 Å². The Bertz CT molecular complexity index is 1220. The minimum absolute atomic E-state index is 0.0528. The number of nitrogens with one attached hydrogen (secondary N) is 1. The van der Waals surface area contributed by atoms with Crippen LogP contribution >= 0.6 is 0 Å². The van der Waals surface area contributed by atoms with Crippen molar-refractivity contribution in [2.75, 3.05) is 14.1 Å². The summed E-state index contributed by atoms with van der Waals surface area (Å²) >= 11 is 0. The summed E-state index contributed by atoms with van der Waals surface area (Å²) < 4.78 is 17.1. The third kappa shape index (κ3) is 6.20. The fraction of sp³-hybridized carbons (Fsp3) is 0.385. The smallest absolute Gasteiger partial charge is 0.259 e. The largest absolute Gasteiger partial charge is 0.305 e. The molecule has 182 valence electrons. The highest BCUT2D eigenvalue weighted by Crippen LogP contribution is 2.33. The Kier molecular flexibility index (Phi) is 8.07. The van der Waals surface area contributed by atoms with Crippen LogP contribution in [0, 0.1) is 0 Å². The number of carbonyl (C=O) groups excluding carboxylic acids is 1. The number of aromatic amines is 1.